The molecule has 0 spiro atoms. The van der Waals surface area contributed by atoms with E-state index in [0.29, 0.717) is 5.78 Å². The van der Waals surface area contributed by atoms with E-state index in [1.807, 2.05) is 0 Å². The lowest BCUT2D eigenvalue weighted by Crippen LogP contribution is -2.34. The molecule has 1 heterocycles. The summed E-state index contributed by atoms with van der Waals surface area (Å²) in [5.41, 5.74) is 1.64. The largest absolute Gasteiger partial charge is 0.298 e. The molecule has 2 fully saturated rings. The first-order valence-corrected chi connectivity index (χ1v) is 10.5. The molecule has 0 aromatic rings. The molecule has 1 saturated heterocycles. The Kier molecular flexibility index (Phi) is 3.57. The van der Waals surface area contributed by atoms with Crippen LogP contribution in [0.1, 0.15) is 51.9 Å². The Bertz CT molecular complexity index is 405. The molecular formula is C17H28OS. The maximum absolute atomic E-state index is 13.0. The fourth-order valence-corrected chi connectivity index (χ4v) is 7.74. The summed E-state index contributed by atoms with van der Waals surface area (Å²) in [5, 5.41) is 0. The van der Waals surface area contributed by atoms with Crippen LogP contribution in [0.25, 0.3) is 0 Å². The number of hydrogen-bond acceptors (Lipinski definition) is 1. The fraction of sp³-hybridized carbons (Fsp3) is 0.824. The van der Waals surface area contributed by atoms with Crippen LogP contribution < -0.4 is 0 Å². The lowest BCUT2D eigenvalue weighted by atomic mass is 9.72. The summed E-state index contributed by atoms with van der Waals surface area (Å²) in [6.07, 6.45) is 13.5. The van der Waals surface area contributed by atoms with Crippen molar-refractivity contribution in [2.75, 3.05) is 23.5 Å². The average Bonchev–Trinajstić information content (AvgIpc) is 2.94. The summed E-state index contributed by atoms with van der Waals surface area (Å²) in [7, 11) is -0.575. The van der Waals surface area contributed by atoms with Crippen LogP contribution in [0.15, 0.2) is 11.6 Å². The topological polar surface area (TPSA) is 17.1 Å². The molecule has 2 bridgehead atoms. The quantitative estimate of drug-likeness (QED) is 0.701. The van der Waals surface area contributed by atoms with Crippen molar-refractivity contribution >= 4 is 15.8 Å². The van der Waals surface area contributed by atoms with Crippen LogP contribution in [-0.4, -0.2) is 29.3 Å². The predicted molar refractivity (Wildman–Crippen MR) is 85.1 cm³/mol. The number of ketones is 1. The monoisotopic (exact) mass is 280 g/mol. The maximum Gasteiger partial charge on any atom is 0.147 e. The molecule has 0 aromatic carbocycles. The summed E-state index contributed by atoms with van der Waals surface area (Å²) in [6.45, 7) is 2.25. The number of rotatable bonds is 4. The summed E-state index contributed by atoms with van der Waals surface area (Å²) < 4.78 is 0. The second kappa shape index (κ2) is 4.95. The molecule has 0 radical (unpaired) electrons. The number of hydrogen-bond donors (Lipinski definition) is 0. The molecule has 1 aliphatic heterocycles. The van der Waals surface area contributed by atoms with Gasteiger partial charge in [0.15, 0.2) is 0 Å². The lowest BCUT2D eigenvalue weighted by Gasteiger charge is -2.37. The lowest BCUT2D eigenvalue weighted by molar-refractivity contribution is -0.126. The van der Waals surface area contributed by atoms with Gasteiger partial charge in [0.05, 0.1) is 0 Å². The van der Waals surface area contributed by atoms with Crippen molar-refractivity contribution in [3.63, 3.8) is 0 Å². The van der Waals surface area contributed by atoms with Gasteiger partial charge in [0.1, 0.15) is 5.78 Å². The van der Waals surface area contributed by atoms with Gasteiger partial charge in [-0.1, -0.05) is 18.6 Å². The summed E-state index contributed by atoms with van der Waals surface area (Å²) >= 11 is 0. The van der Waals surface area contributed by atoms with Crippen molar-refractivity contribution < 1.29 is 4.79 Å². The molecule has 3 aliphatic rings. The smallest absolute Gasteiger partial charge is 0.147 e. The molecular weight excluding hydrogens is 252 g/mol. The normalized spacial score (nSPS) is 38.0. The Hall–Kier alpha value is -0.240. The third kappa shape index (κ3) is 2.53. The van der Waals surface area contributed by atoms with Crippen LogP contribution in [-0.2, 0) is 4.79 Å². The van der Waals surface area contributed by atoms with Crippen LogP contribution in [0.2, 0.25) is 0 Å². The number of Topliss-reactive ketones (excluding diaryl/α,β-unsaturated/α-hetero) is 1. The van der Waals surface area contributed by atoms with Crippen LogP contribution in [0.4, 0.5) is 0 Å². The molecule has 2 atom stereocenters. The molecule has 1 saturated carbocycles. The highest BCUT2D eigenvalue weighted by molar-refractivity contribution is 8.33. The van der Waals surface area contributed by atoms with E-state index < -0.39 is 10.0 Å². The van der Waals surface area contributed by atoms with Gasteiger partial charge < -0.3 is 0 Å². The second-order valence-corrected chi connectivity index (χ2v) is 11.4. The van der Waals surface area contributed by atoms with Gasteiger partial charge in [0.2, 0.25) is 0 Å². The molecule has 0 aromatic heterocycles. The molecule has 0 N–H and O–H groups in total. The molecule has 0 amide bonds. The molecule has 108 valence electrons. The van der Waals surface area contributed by atoms with Crippen LogP contribution >= 0.6 is 10.0 Å². The van der Waals surface area contributed by atoms with Gasteiger partial charge in [0.25, 0.3) is 0 Å². The van der Waals surface area contributed by atoms with Gasteiger partial charge in [-0.25, -0.2) is 10.0 Å². The molecule has 1 nitrogen and oxygen atoms in total. The summed E-state index contributed by atoms with van der Waals surface area (Å²) in [6, 6.07) is 0. The Morgan fingerprint density at radius 2 is 2.16 bits per heavy atom. The van der Waals surface area contributed by atoms with Gasteiger partial charge in [-0.3, -0.25) is 4.79 Å². The van der Waals surface area contributed by atoms with Crippen molar-refractivity contribution in [1.29, 1.82) is 0 Å². The van der Waals surface area contributed by atoms with E-state index in [1.165, 1.54) is 43.6 Å². The average molecular weight is 280 g/mol. The van der Waals surface area contributed by atoms with E-state index in [1.54, 1.807) is 5.57 Å². The highest BCUT2D eigenvalue weighted by Gasteiger charge is 2.47. The minimum atomic E-state index is -0.575. The van der Waals surface area contributed by atoms with E-state index in [4.69, 9.17) is 0 Å². The van der Waals surface area contributed by atoms with E-state index in [2.05, 4.69) is 19.3 Å². The first-order chi connectivity index (χ1) is 9.05. The Morgan fingerprint density at radius 1 is 1.42 bits per heavy atom. The van der Waals surface area contributed by atoms with Crippen LogP contribution in [0, 0.1) is 11.3 Å². The zero-order chi connectivity index (χ0) is 13.5. The maximum atomic E-state index is 13.0. The van der Waals surface area contributed by atoms with Gasteiger partial charge in [-0.2, -0.15) is 0 Å². The third-order valence-corrected chi connectivity index (χ3v) is 9.24. The first-order valence-electron chi connectivity index (χ1n) is 8.00. The highest BCUT2D eigenvalue weighted by Crippen LogP contribution is 2.56. The van der Waals surface area contributed by atoms with Crippen molar-refractivity contribution in [2.24, 2.45) is 11.3 Å². The molecule has 2 unspecified atom stereocenters. The fourth-order valence-electron chi connectivity index (χ4n) is 4.51. The van der Waals surface area contributed by atoms with Gasteiger partial charge in [-0.05, 0) is 68.6 Å². The zero-order valence-corrected chi connectivity index (χ0v) is 13.4. The predicted octanol–water partition coefficient (Wildman–Crippen LogP) is 4.31. The number of allylic oxidation sites excluding steroid dienone is 2. The van der Waals surface area contributed by atoms with Crippen molar-refractivity contribution in [3.05, 3.63) is 11.6 Å². The number of carbonyl (C=O) groups is 1. The Morgan fingerprint density at radius 3 is 2.84 bits per heavy atom. The van der Waals surface area contributed by atoms with Gasteiger partial charge >= 0.3 is 0 Å². The van der Waals surface area contributed by atoms with Crippen LogP contribution in [0.5, 0.6) is 0 Å². The SMILES string of the molecule is CCC1=CC2CCC(C(=O)CS3(C)CCCC3)(C1)C2. The van der Waals surface area contributed by atoms with E-state index in [0.717, 1.165) is 24.5 Å². The molecule has 2 heteroatoms. The van der Waals surface area contributed by atoms with Gasteiger partial charge in [-0.15, -0.1) is 0 Å². The minimum absolute atomic E-state index is 0.0728. The Labute approximate surface area is 119 Å². The van der Waals surface area contributed by atoms with E-state index in [-0.39, 0.29) is 5.41 Å². The molecule has 3 rings (SSSR count). The van der Waals surface area contributed by atoms with Crippen molar-refractivity contribution in [3.8, 4) is 0 Å². The summed E-state index contributed by atoms with van der Waals surface area (Å²) in [5.74, 6) is 5.02. The standard InChI is InChI=1S/C17H28OS/c1-3-14-10-15-6-7-17(11-14,12-15)16(18)13-19(2)8-4-5-9-19/h10,15H,3-9,11-13H2,1-2H3. The van der Waals surface area contributed by atoms with Crippen molar-refractivity contribution in [1.82, 2.24) is 0 Å². The molecule has 19 heavy (non-hydrogen) atoms. The van der Waals surface area contributed by atoms with E-state index >= 15 is 0 Å². The minimum Gasteiger partial charge on any atom is -0.298 e. The van der Waals surface area contributed by atoms with Crippen LogP contribution in [0.3, 0.4) is 0 Å². The molecule has 2 aliphatic carbocycles. The second-order valence-electron chi connectivity index (χ2n) is 7.30. The van der Waals surface area contributed by atoms with E-state index in [9.17, 15) is 4.79 Å². The zero-order valence-electron chi connectivity index (χ0n) is 12.5. The summed E-state index contributed by atoms with van der Waals surface area (Å²) in [4.78, 5) is 13.0. The highest BCUT2D eigenvalue weighted by atomic mass is 32.3. The first kappa shape index (κ1) is 13.7. The third-order valence-electron chi connectivity index (χ3n) is 5.73. The number of carbonyl (C=O) groups excluding carboxylic acids is 1. The van der Waals surface area contributed by atoms with Gasteiger partial charge in [0, 0.05) is 11.2 Å². The Balaban J connectivity index is 1.74. The number of fused-ring (bicyclic) bond motifs is 2. The van der Waals surface area contributed by atoms with Crippen molar-refractivity contribution in [2.45, 2.75) is 51.9 Å².